The molecule has 0 spiro atoms. The Labute approximate surface area is 103 Å². The molecule has 0 amide bonds. The van der Waals surface area contributed by atoms with E-state index < -0.39 is 5.60 Å². The summed E-state index contributed by atoms with van der Waals surface area (Å²) in [6.45, 7) is 11.1. The number of benzene rings is 1. The molecule has 17 heavy (non-hydrogen) atoms. The summed E-state index contributed by atoms with van der Waals surface area (Å²) in [6, 6.07) is 8.15. The predicted molar refractivity (Wildman–Crippen MR) is 69.8 cm³/mol. The Morgan fingerprint density at radius 2 is 2.06 bits per heavy atom. The van der Waals surface area contributed by atoms with E-state index in [4.69, 9.17) is 9.47 Å². The quantitative estimate of drug-likeness (QED) is 0.553. The van der Waals surface area contributed by atoms with Gasteiger partial charge < -0.3 is 9.47 Å². The van der Waals surface area contributed by atoms with Crippen molar-refractivity contribution >= 4 is 6.08 Å². The van der Waals surface area contributed by atoms with Gasteiger partial charge >= 0.3 is 0 Å². The van der Waals surface area contributed by atoms with Crippen molar-refractivity contribution in [2.45, 2.75) is 18.6 Å². The Bertz CT molecular complexity index is 403. The van der Waals surface area contributed by atoms with Crippen LogP contribution < -0.4 is 0 Å². The Balaban J connectivity index is 2.12. The molecule has 90 valence electrons. The average Bonchev–Trinajstić information content (AvgIpc) is 3.20. The molecule has 0 saturated carbocycles. The van der Waals surface area contributed by atoms with Crippen LogP contribution in [0.1, 0.15) is 18.1 Å². The molecule has 0 aromatic heterocycles. The molecule has 1 saturated heterocycles. The average molecular weight is 230 g/mol. The fourth-order valence-electron chi connectivity index (χ4n) is 1.64. The standard InChI is InChI=1S/C15H18O2/c1-4-12-6-8-13(9-7-12)15(3,5-2)17-11-14-10-16-14/h4-9,14H,1-2,10-11H2,3H3. The minimum absolute atomic E-state index is 0.265. The molecule has 0 N–H and O–H groups in total. The third-order valence-electron chi connectivity index (χ3n) is 3.08. The molecule has 1 aromatic carbocycles. The van der Waals surface area contributed by atoms with Crippen LogP contribution in [0.25, 0.3) is 6.08 Å². The zero-order chi connectivity index (χ0) is 12.3. The molecular weight excluding hydrogens is 212 g/mol. The van der Waals surface area contributed by atoms with Gasteiger partial charge in [-0.15, -0.1) is 0 Å². The molecule has 1 aliphatic heterocycles. The van der Waals surface area contributed by atoms with Crippen LogP contribution in [-0.4, -0.2) is 19.3 Å². The normalized spacial score (nSPS) is 21.6. The highest BCUT2D eigenvalue weighted by Gasteiger charge is 2.29. The highest BCUT2D eigenvalue weighted by molar-refractivity contribution is 5.48. The molecule has 2 atom stereocenters. The number of rotatable bonds is 6. The Morgan fingerprint density at radius 3 is 2.53 bits per heavy atom. The molecule has 2 heteroatoms. The molecule has 1 aliphatic rings. The highest BCUT2D eigenvalue weighted by atomic mass is 16.6. The van der Waals surface area contributed by atoms with Crippen LogP contribution in [0.15, 0.2) is 43.5 Å². The van der Waals surface area contributed by atoms with Crippen molar-refractivity contribution in [3.05, 3.63) is 54.6 Å². The van der Waals surface area contributed by atoms with Crippen LogP contribution in [0, 0.1) is 0 Å². The van der Waals surface area contributed by atoms with Gasteiger partial charge in [-0.05, 0) is 18.1 Å². The Morgan fingerprint density at radius 1 is 1.41 bits per heavy atom. The zero-order valence-electron chi connectivity index (χ0n) is 10.2. The Kier molecular flexibility index (Phi) is 3.46. The molecule has 1 aromatic rings. The van der Waals surface area contributed by atoms with Crippen molar-refractivity contribution in [2.24, 2.45) is 0 Å². The van der Waals surface area contributed by atoms with Crippen molar-refractivity contribution in [2.75, 3.05) is 13.2 Å². The van der Waals surface area contributed by atoms with Gasteiger partial charge in [0.05, 0.1) is 13.2 Å². The lowest BCUT2D eigenvalue weighted by Gasteiger charge is -2.26. The molecule has 1 fully saturated rings. The summed E-state index contributed by atoms with van der Waals surface area (Å²) in [6.07, 6.45) is 3.92. The third-order valence-corrected chi connectivity index (χ3v) is 3.08. The first-order chi connectivity index (χ1) is 8.18. The number of hydrogen-bond acceptors (Lipinski definition) is 2. The van der Waals surface area contributed by atoms with Crippen LogP contribution in [0.5, 0.6) is 0 Å². The van der Waals surface area contributed by atoms with E-state index in [0.29, 0.717) is 6.61 Å². The highest BCUT2D eigenvalue weighted by Crippen LogP contribution is 2.28. The lowest BCUT2D eigenvalue weighted by molar-refractivity contribution is -0.00579. The van der Waals surface area contributed by atoms with Crippen molar-refractivity contribution in [3.8, 4) is 0 Å². The summed E-state index contributed by atoms with van der Waals surface area (Å²) in [5.41, 5.74) is 1.75. The van der Waals surface area contributed by atoms with Gasteiger partial charge in [0.25, 0.3) is 0 Å². The van der Waals surface area contributed by atoms with Gasteiger partial charge in [0.2, 0.25) is 0 Å². The second-order valence-corrected chi connectivity index (χ2v) is 4.40. The maximum absolute atomic E-state index is 5.89. The number of epoxide rings is 1. The van der Waals surface area contributed by atoms with Crippen LogP contribution in [0.3, 0.4) is 0 Å². The topological polar surface area (TPSA) is 21.8 Å². The van der Waals surface area contributed by atoms with Gasteiger partial charge in [-0.1, -0.05) is 49.6 Å². The van der Waals surface area contributed by atoms with Gasteiger partial charge in [-0.25, -0.2) is 0 Å². The minimum Gasteiger partial charge on any atom is -0.371 e. The fourth-order valence-corrected chi connectivity index (χ4v) is 1.64. The summed E-state index contributed by atoms with van der Waals surface area (Å²) in [7, 11) is 0. The molecule has 2 rings (SSSR count). The van der Waals surface area contributed by atoms with Gasteiger partial charge in [-0.2, -0.15) is 0 Å². The first kappa shape index (κ1) is 12.1. The van der Waals surface area contributed by atoms with Crippen LogP contribution in [0.4, 0.5) is 0 Å². The predicted octanol–water partition coefficient (Wildman–Crippen LogP) is 3.15. The monoisotopic (exact) mass is 230 g/mol. The maximum Gasteiger partial charge on any atom is 0.108 e. The molecule has 2 nitrogen and oxygen atoms in total. The largest absolute Gasteiger partial charge is 0.371 e. The van der Waals surface area contributed by atoms with E-state index >= 15 is 0 Å². The van der Waals surface area contributed by atoms with E-state index in [9.17, 15) is 0 Å². The first-order valence-electron chi connectivity index (χ1n) is 5.80. The van der Waals surface area contributed by atoms with E-state index in [-0.39, 0.29) is 6.10 Å². The van der Waals surface area contributed by atoms with Crippen molar-refractivity contribution in [1.82, 2.24) is 0 Å². The molecule has 0 bridgehead atoms. The summed E-state index contributed by atoms with van der Waals surface area (Å²) in [5.74, 6) is 0. The number of ether oxygens (including phenoxy) is 2. The zero-order valence-corrected chi connectivity index (χ0v) is 10.2. The number of hydrogen-bond donors (Lipinski definition) is 0. The summed E-state index contributed by atoms with van der Waals surface area (Å²) < 4.78 is 11.0. The molecule has 1 heterocycles. The van der Waals surface area contributed by atoms with E-state index in [1.165, 1.54) is 0 Å². The lowest BCUT2D eigenvalue weighted by atomic mass is 9.95. The SMILES string of the molecule is C=Cc1ccc(C(C)(C=C)OCC2CO2)cc1. The van der Waals surface area contributed by atoms with E-state index in [0.717, 1.165) is 17.7 Å². The van der Waals surface area contributed by atoms with Gasteiger partial charge in [0, 0.05) is 0 Å². The molecule has 0 aliphatic carbocycles. The molecule has 0 radical (unpaired) electrons. The minimum atomic E-state index is -0.453. The van der Waals surface area contributed by atoms with Crippen LogP contribution in [-0.2, 0) is 15.1 Å². The fraction of sp³-hybridized carbons (Fsp3) is 0.333. The van der Waals surface area contributed by atoms with Crippen molar-refractivity contribution < 1.29 is 9.47 Å². The van der Waals surface area contributed by atoms with Gasteiger partial charge in [0.15, 0.2) is 0 Å². The van der Waals surface area contributed by atoms with Gasteiger partial charge in [0.1, 0.15) is 11.7 Å². The maximum atomic E-state index is 5.89. The molecule has 2 unspecified atom stereocenters. The summed E-state index contributed by atoms with van der Waals surface area (Å²) in [5, 5.41) is 0. The smallest absolute Gasteiger partial charge is 0.108 e. The van der Waals surface area contributed by atoms with Crippen molar-refractivity contribution in [3.63, 3.8) is 0 Å². The summed E-state index contributed by atoms with van der Waals surface area (Å²) >= 11 is 0. The third kappa shape index (κ3) is 2.84. The Hall–Kier alpha value is -1.38. The van der Waals surface area contributed by atoms with Crippen LogP contribution >= 0.6 is 0 Å². The lowest BCUT2D eigenvalue weighted by Crippen LogP contribution is -2.25. The first-order valence-corrected chi connectivity index (χ1v) is 5.80. The van der Waals surface area contributed by atoms with E-state index in [2.05, 4.69) is 13.2 Å². The van der Waals surface area contributed by atoms with Gasteiger partial charge in [-0.3, -0.25) is 0 Å². The van der Waals surface area contributed by atoms with E-state index in [1.807, 2.05) is 43.3 Å². The van der Waals surface area contributed by atoms with E-state index in [1.54, 1.807) is 0 Å². The second-order valence-electron chi connectivity index (χ2n) is 4.40. The molecular formula is C15H18O2. The van der Waals surface area contributed by atoms with Crippen molar-refractivity contribution in [1.29, 1.82) is 0 Å². The second kappa shape index (κ2) is 4.86. The van der Waals surface area contributed by atoms with Crippen LogP contribution in [0.2, 0.25) is 0 Å². The summed E-state index contributed by atoms with van der Waals surface area (Å²) in [4.78, 5) is 0.